The average Bonchev–Trinajstić information content (AvgIpc) is 2.68. The summed E-state index contributed by atoms with van der Waals surface area (Å²) in [6, 6.07) is 0. The maximum absolute atomic E-state index is 11.6. The van der Waals surface area contributed by atoms with Gasteiger partial charge in [-0.25, -0.2) is 0 Å². The van der Waals surface area contributed by atoms with E-state index in [0.717, 1.165) is 25.7 Å². The van der Waals surface area contributed by atoms with Crippen molar-refractivity contribution in [1.29, 1.82) is 0 Å². The van der Waals surface area contributed by atoms with Gasteiger partial charge in [0.15, 0.2) is 0 Å². The van der Waals surface area contributed by atoms with E-state index >= 15 is 0 Å². The highest BCUT2D eigenvalue weighted by Crippen LogP contribution is 2.19. The van der Waals surface area contributed by atoms with Crippen LogP contribution in [0.4, 0.5) is 0 Å². The normalized spacial score (nSPS) is 13.1. The van der Waals surface area contributed by atoms with Gasteiger partial charge in [-0.05, 0) is 12.8 Å². The van der Waals surface area contributed by atoms with Crippen molar-refractivity contribution in [3.05, 3.63) is 0 Å². The van der Waals surface area contributed by atoms with Crippen molar-refractivity contribution in [3.63, 3.8) is 0 Å². The summed E-state index contributed by atoms with van der Waals surface area (Å²) in [6.07, 6.45) is 26.4. The predicted molar refractivity (Wildman–Crippen MR) is 128 cm³/mol. The van der Waals surface area contributed by atoms with Crippen LogP contribution in [0, 0.1) is 0 Å². The molecule has 0 saturated carbocycles. The summed E-state index contributed by atoms with van der Waals surface area (Å²) in [4.78, 5) is 0. The molecule has 0 rings (SSSR count). The summed E-state index contributed by atoms with van der Waals surface area (Å²) >= 11 is 0. The number of hydrogen-bond acceptors (Lipinski definition) is 2. The highest BCUT2D eigenvalue weighted by atomic mass is 32.2. The number of hydrogen-bond donors (Lipinski definition) is 1. The van der Waals surface area contributed by atoms with E-state index in [0.29, 0.717) is 12.8 Å². The van der Waals surface area contributed by atoms with Crippen molar-refractivity contribution in [3.8, 4) is 0 Å². The Bertz CT molecular complexity index is 420. The van der Waals surface area contributed by atoms with Gasteiger partial charge in [0.05, 0.1) is 5.25 Å². The van der Waals surface area contributed by atoms with E-state index in [4.69, 9.17) is 0 Å². The second-order valence-electron chi connectivity index (χ2n) is 9.08. The summed E-state index contributed by atoms with van der Waals surface area (Å²) in [7, 11) is -3.88. The molecule has 1 atom stereocenters. The minimum absolute atomic E-state index is 0.536. The molecule has 0 fully saturated rings. The molecule has 0 aliphatic carbocycles. The van der Waals surface area contributed by atoms with Crippen molar-refractivity contribution < 1.29 is 13.0 Å². The molecule has 0 aliphatic rings. The molecule has 0 heterocycles. The lowest BCUT2D eigenvalue weighted by Crippen LogP contribution is -2.20. The first-order valence-corrected chi connectivity index (χ1v) is 14.5. The first kappa shape index (κ1) is 28.9. The van der Waals surface area contributed by atoms with Crippen LogP contribution in [0.25, 0.3) is 0 Å². The standard InChI is InChI=1S/C25H52O3S/c1-3-5-7-9-11-12-13-14-15-16-18-20-22-24-25(29(26,27)28)23-21-19-17-10-8-6-4-2/h25H,3-24H2,1-2H3,(H,26,27,28). The van der Waals surface area contributed by atoms with Gasteiger partial charge in [0.25, 0.3) is 10.1 Å². The van der Waals surface area contributed by atoms with Gasteiger partial charge >= 0.3 is 0 Å². The molecule has 1 N–H and O–H groups in total. The van der Waals surface area contributed by atoms with Crippen molar-refractivity contribution in [2.24, 2.45) is 0 Å². The summed E-state index contributed by atoms with van der Waals surface area (Å²) in [5.74, 6) is 0. The Labute approximate surface area is 183 Å². The first-order chi connectivity index (χ1) is 14.0. The molecule has 29 heavy (non-hydrogen) atoms. The highest BCUT2D eigenvalue weighted by molar-refractivity contribution is 7.86. The molecular formula is C25H52O3S. The van der Waals surface area contributed by atoms with Gasteiger partial charge in [-0.3, -0.25) is 4.55 Å². The number of unbranched alkanes of at least 4 members (excludes halogenated alkanes) is 18. The molecule has 3 nitrogen and oxygen atoms in total. The number of rotatable bonds is 23. The van der Waals surface area contributed by atoms with Gasteiger partial charge in [0.2, 0.25) is 0 Å². The smallest absolute Gasteiger partial charge is 0.267 e. The SMILES string of the molecule is CCCCCCCCCCCCCCCC(CCCCCCCCC)S(=O)(=O)O. The third-order valence-electron chi connectivity index (χ3n) is 6.18. The Morgan fingerprint density at radius 3 is 0.966 bits per heavy atom. The van der Waals surface area contributed by atoms with Crippen LogP contribution in [0.1, 0.15) is 155 Å². The minimum Gasteiger partial charge on any atom is -0.285 e. The Morgan fingerprint density at radius 2 is 0.724 bits per heavy atom. The Morgan fingerprint density at radius 1 is 0.483 bits per heavy atom. The van der Waals surface area contributed by atoms with E-state index in [2.05, 4.69) is 13.8 Å². The van der Waals surface area contributed by atoms with Gasteiger partial charge in [-0.1, -0.05) is 142 Å². The minimum atomic E-state index is -3.88. The fourth-order valence-electron chi connectivity index (χ4n) is 4.16. The van der Waals surface area contributed by atoms with Crippen LogP contribution in [-0.2, 0) is 10.1 Å². The van der Waals surface area contributed by atoms with Gasteiger partial charge in [0, 0.05) is 0 Å². The van der Waals surface area contributed by atoms with E-state index in [1.54, 1.807) is 0 Å². The van der Waals surface area contributed by atoms with E-state index in [-0.39, 0.29) is 0 Å². The van der Waals surface area contributed by atoms with E-state index in [9.17, 15) is 13.0 Å². The van der Waals surface area contributed by atoms with Gasteiger partial charge in [0.1, 0.15) is 0 Å². The lowest BCUT2D eigenvalue weighted by molar-refractivity contribution is 0.442. The molecule has 1 unspecified atom stereocenters. The average molecular weight is 433 g/mol. The van der Waals surface area contributed by atoms with Crippen LogP contribution in [0.5, 0.6) is 0 Å². The molecule has 0 radical (unpaired) electrons. The zero-order chi connectivity index (χ0) is 21.6. The third-order valence-corrected chi connectivity index (χ3v) is 7.49. The quantitative estimate of drug-likeness (QED) is 0.129. The lowest BCUT2D eigenvalue weighted by Gasteiger charge is -2.13. The Kier molecular flexibility index (Phi) is 21.1. The molecule has 0 amide bonds. The molecular weight excluding hydrogens is 380 g/mol. The second-order valence-corrected chi connectivity index (χ2v) is 10.8. The summed E-state index contributed by atoms with van der Waals surface area (Å²) < 4.78 is 32.8. The molecule has 0 aromatic heterocycles. The van der Waals surface area contributed by atoms with Crippen molar-refractivity contribution in [2.45, 2.75) is 160 Å². The van der Waals surface area contributed by atoms with Crippen molar-refractivity contribution in [2.75, 3.05) is 0 Å². The predicted octanol–water partition coefficient (Wildman–Crippen LogP) is 8.86. The van der Waals surface area contributed by atoms with Gasteiger partial charge < -0.3 is 0 Å². The molecule has 0 saturated heterocycles. The molecule has 0 aliphatic heterocycles. The van der Waals surface area contributed by atoms with Crippen LogP contribution >= 0.6 is 0 Å². The van der Waals surface area contributed by atoms with E-state index < -0.39 is 15.4 Å². The zero-order valence-corrected chi connectivity index (χ0v) is 20.6. The molecule has 176 valence electrons. The highest BCUT2D eigenvalue weighted by Gasteiger charge is 2.21. The summed E-state index contributed by atoms with van der Waals surface area (Å²) in [6.45, 7) is 4.48. The monoisotopic (exact) mass is 432 g/mol. The van der Waals surface area contributed by atoms with Crippen molar-refractivity contribution >= 4 is 10.1 Å². The zero-order valence-electron chi connectivity index (χ0n) is 19.8. The van der Waals surface area contributed by atoms with Crippen LogP contribution < -0.4 is 0 Å². The fourth-order valence-corrected chi connectivity index (χ4v) is 5.09. The molecule has 0 bridgehead atoms. The van der Waals surface area contributed by atoms with Crippen LogP contribution in [0.3, 0.4) is 0 Å². The Hall–Kier alpha value is -0.0900. The molecule has 0 aromatic rings. The van der Waals surface area contributed by atoms with Crippen molar-refractivity contribution in [1.82, 2.24) is 0 Å². The Balaban J connectivity index is 3.58. The lowest BCUT2D eigenvalue weighted by atomic mass is 10.0. The van der Waals surface area contributed by atoms with Gasteiger partial charge in [-0.2, -0.15) is 8.42 Å². The van der Waals surface area contributed by atoms with E-state index in [1.807, 2.05) is 0 Å². The topological polar surface area (TPSA) is 54.4 Å². The van der Waals surface area contributed by atoms with Crippen LogP contribution in [0.15, 0.2) is 0 Å². The molecule has 0 spiro atoms. The fraction of sp³-hybridized carbons (Fsp3) is 1.00. The third kappa shape index (κ3) is 20.9. The van der Waals surface area contributed by atoms with Crippen LogP contribution in [0.2, 0.25) is 0 Å². The molecule has 0 aromatic carbocycles. The van der Waals surface area contributed by atoms with E-state index in [1.165, 1.54) is 103 Å². The maximum atomic E-state index is 11.6. The summed E-state index contributed by atoms with van der Waals surface area (Å²) in [5, 5.41) is -0.536. The van der Waals surface area contributed by atoms with Crippen LogP contribution in [-0.4, -0.2) is 18.2 Å². The summed E-state index contributed by atoms with van der Waals surface area (Å²) in [5.41, 5.74) is 0. The first-order valence-electron chi connectivity index (χ1n) is 13.0. The molecule has 4 heteroatoms. The largest absolute Gasteiger partial charge is 0.285 e. The second kappa shape index (κ2) is 21.2. The maximum Gasteiger partial charge on any atom is 0.267 e. The van der Waals surface area contributed by atoms with Gasteiger partial charge in [-0.15, -0.1) is 0 Å².